The summed E-state index contributed by atoms with van der Waals surface area (Å²) in [5.41, 5.74) is 0.392. The quantitative estimate of drug-likeness (QED) is 0.768. The Hall–Kier alpha value is -1.56. The van der Waals surface area contributed by atoms with Gasteiger partial charge in [0, 0.05) is 6.20 Å². The average molecular weight is 240 g/mol. The van der Waals surface area contributed by atoms with Crippen molar-refractivity contribution in [3.8, 4) is 0 Å². The van der Waals surface area contributed by atoms with Crippen LogP contribution in [0.5, 0.6) is 0 Å². The number of aliphatic carboxylic acids is 1. The van der Waals surface area contributed by atoms with E-state index in [2.05, 4.69) is 10.3 Å². The van der Waals surface area contributed by atoms with Gasteiger partial charge in [0.25, 0.3) is 5.91 Å². The van der Waals surface area contributed by atoms with Crippen molar-refractivity contribution < 1.29 is 14.7 Å². The number of rotatable bonds is 4. The van der Waals surface area contributed by atoms with Crippen LogP contribution in [0.1, 0.15) is 17.3 Å². The van der Waals surface area contributed by atoms with E-state index in [4.69, 9.17) is 5.11 Å². The highest BCUT2D eigenvalue weighted by atomic mass is 32.2. The second-order valence-corrected chi connectivity index (χ2v) is 3.89. The maximum atomic E-state index is 11.7. The van der Waals surface area contributed by atoms with Crippen molar-refractivity contribution in [3.05, 3.63) is 23.9 Å². The van der Waals surface area contributed by atoms with Crippen LogP contribution in [0.2, 0.25) is 0 Å². The SMILES string of the molecule is CSc1ncccc1C(=O)N[C@@H](C)C(=O)O. The molecule has 5 nitrogen and oxygen atoms in total. The maximum Gasteiger partial charge on any atom is 0.325 e. The fraction of sp³-hybridized carbons (Fsp3) is 0.300. The summed E-state index contributed by atoms with van der Waals surface area (Å²) < 4.78 is 0. The number of aromatic nitrogens is 1. The van der Waals surface area contributed by atoms with E-state index in [1.807, 2.05) is 0 Å². The second kappa shape index (κ2) is 5.50. The van der Waals surface area contributed by atoms with Crippen LogP contribution in [0, 0.1) is 0 Å². The van der Waals surface area contributed by atoms with Gasteiger partial charge in [0.2, 0.25) is 0 Å². The molecule has 1 amide bonds. The number of hydrogen-bond acceptors (Lipinski definition) is 4. The molecule has 0 unspecified atom stereocenters. The van der Waals surface area contributed by atoms with E-state index >= 15 is 0 Å². The molecule has 1 heterocycles. The highest BCUT2D eigenvalue weighted by molar-refractivity contribution is 7.98. The average Bonchev–Trinajstić information content (AvgIpc) is 2.28. The highest BCUT2D eigenvalue weighted by Gasteiger charge is 2.17. The van der Waals surface area contributed by atoms with Gasteiger partial charge in [0.15, 0.2) is 0 Å². The summed E-state index contributed by atoms with van der Waals surface area (Å²) in [6.07, 6.45) is 3.39. The zero-order valence-electron chi connectivity index (χ0n) is 8.93. The van der Waals surface area contributed by atoms with Gasteiger partial charge in [-0.25, -0.2) is 4.98 Å². The summed E-state index contributed by atoms with van der Waals surface area (Å²) in [4.78, 5) is 26.3. The summed E-state index contributed by atoms with van der Waals surface area (Å²) in [6.45, 7) is 1.41. The normalized spacial score (nSPS) is 11.9. The number of hydrogen-bond donors (Lipinski definition) is 2. The van der Waals surface area contributed by atoms with Gasteiger partial charge in [-0.3, -0.25) is 9.59 Å². The highest BCUT2D eigenvalue weighted by Crippen LogP contribution is 2.16. The van der Waals surface area contributed by atoms with E-state index in [1.54, 1.807) is 24.6 Å². The van der Waals surface area contributed by atoms with Crippen LogP contribution >= 0.6 is 11.8 Å². The van der Waals surface area contributed by atoms with Crippen LogP contribution < -0.4 is 5.32 Å². The van der Waals surface area contributed by atoms with E-state index < -0.39 is 17.9 Å². The molecular weight excluding hydrogens is 228 g/mol. The molecule has 0 aliphatic carbocycles. The van der Waals surface area contributed by atoms with Gasteiger partial charge < -0.3 is 10.4 Å². The number of nitrogens with zero attached hydrogens (tertiary/aromatic N) is 1. The van der Waals surface area contributed by atoms with Crippen molar-refractivity contribution in [3.63, 3.8) is 0 Å². The Bertz CT molecular complexity index is 409. The molecule has 16 heavy (non-hydrogen) atoms. The third kappa shape index (κ3) is 2.96. The van der Waals surface area contributed by atoms with E-state index in [1.165, 1.54) is 18.7 Å². The fourth-order valence-corrected chi connectivity index (χ4v) is 1.61. The summed E-state index contributed by atoms with van der Waals surface area (Å²) in [6, 6.07) is 2.34. The molecule has 0 aliphatic rings. The number of carboxylic acid groups (broad SMARTS) is 1. The van der Waals surface area contributed by atoms with Gasteiger partial charge in [0.05, 0.1) is 5.56 Å². The van der Waals surface area contributed by atoms with Crippen molar-refractivity contribution in [1.29, 1.82) is 0 Å². The zero-order valence-corrected chi connectivity index (χ0v) is 9.75. The molecule has 2 N–H and O–H groups in total. The summed E-state index contributed by atoms with van der Waals surface area (Å²) in [7, 11) is 0. The molecule has 0 radical (unpaired) electrons. The number of nitrogens with one attached hydrogen (secondary N) is 1. The van der Waals surface area contributed by atoms with Crippen molar-refractivity contribution in [1.82, 2.24) is 10.3 Å². The lowest BCUT2D eigenvalue weighted by molar-refractivity contribution is -0.138. The van der Waals surface area contributed by atoms with Crippen LogP contribution in [0.3, 0.4) is 0 Å². The molecule has 0 spiro atoms. The molecule has 6 heteroatoms. The summed E-state index contributed by atoms with van der Waals surface area (Å²) in [5.74, 6) is -1.49. The number of carbonyl (C=O) groups excluding carboxylic acids is 1. The first-order valence-electron chi connectivity index (χ1n) is 4.59. The molecule has 0 bridgehead atoms. The lowest BCUT2D eigenvalue weighted by atomic mass is 10.2. The number of carbonyl (C=O) groups is 2. The summed E-state index contributed by atoms with van der Waals surface area (Å²) >= 11 is 1.34. The molecule has 1 aromatic heterocycles. The first kappa shape index (κ1) is 12.5. The Labute approximate surface area is 97.3 Å². The number of carboxylic acids is 1. The first-order chi connectivity index (χ1) is 7.56. The Morgan fingerprint density at radius 3 is 2.81 bits per heavy atom. The van der Waals surface area contributed by atoms with Crippen LogP contribution in [0.15, 0.2) is 23.4 Å². The second-order valence-electron chi connectivity index (χ2n) is 3.09. The minimum Gasteiger partial charge on any atom is -0.480 e. The third-order valence-electron chi connectivity index (χ3n) is 1.93. The first-order valence-corrected chi connectivity index (χ1v) is 5.81. The lowest BCUT2D eigenvalue weighted by Gasteiger charge is -2.10. The Kier molecular flexibility index (Phi) is 4.30. The van der Waals surface area contributed by atoms with E-state index in [0.29, 0.717) is 10.6 Å². The topological polar surface area (TPSA) is 79.3 Å². The van der Waals surface area contributed by atoms with Gasteiger partial charge in [-0.05, 0) is 25.3 Å². The molecule has 0 saturated carbocycles. The van der Waals surface area contributed by atoms with Gasteiger partial charge in [0.1, 0.15) is 11.1 Å². The molecule has 0 fully saturated rings. The smallest absolute Gasteiger partial charge is 0.325 e. The molecule has 0 aromatic carbocycles. The van der Waals surface area contributed by atoms with Crippen LogP contribution in [-0.2, 0) is 4.79 Å². The molecule has 0 aliphatic heterocycles. The van der Waals surface area contributed by atoms with Gasteiger partial charge in [-0.15, -0.1) is 11.8 Å². The van der Waals surface area contributed by atoms with Crippen molar-refractivity contribution in [2.24, 2.45) is 0 Å². The van der Waals surface area contributed by atoms with E-state index in [9.17, 15) is 9.59 Å². The molecule has 86 valence electrons. The van der Waals surface area contributed by atoms with Crippen molar-refractivity contribution in [2.75, 3.05) is 6.26 Å². The number of amides is 1. The third-order valence-corrected chi connectivity index (χ3v) is 2.64. The molecule has 0 saturated heterocycles. The predicted molar refractivity (Wildman–Crippen MR) is 60.6 cm³/mol. The molecule has 1 rings (SSSR count). The molecule has 1 atom stereocenters. The fourth-order valence-electron chi connectivity index (χ4n) is 1.06. The maximum absolute atomic E-state index is 11.7. The predicted octanol–water partition coefficient (Wildman–Crippen LogP) is 1.01. The van der Waals surface area contributed by atoms with E-state index in [-0.39, 0.29) is 0 Å². The van der Waals surface area contributed by atoms with Crippen LogP contribution in [0.4, 0.5) is 0 Å². The van der Waals surface area contributed by atoms with Gasteiger partial charge >= 0.3 is 5.97 Å². The standard InChI is InChI=1S/C10H12N2O3S/c1-6(10(14)15)12-8(13)7-4-3-5-11-9(7)16-2/h3-6H,1-2H3,(H,12,13)(H,14,15)/t6-/m0/s1. The Balaban J connectivity index is 2.84. The van der Waals surface area contributed by atoms with Crippen LogP contribution in [-0.4, -0.2) is 34.3 Å². The lowest BCUT2D eigenvalue weighted by Crippen LogP contribution is -2.38. The zero-order chi connectivity index (χ0) is 12.1. The Morgan fingerprint density at radius 2 is 2.25 bits per heavy atom. The van der Waals surface area contributed by atoms with E-state index in [0.717, 1.165) is 0 Å². The monoisotopic (exact) mass is 240 g/mol. The van der Waals surface area contributed by atoms with Gasteiger partial charge in [-0.2, -0.15) is 0 Å². The van der Waals surface area contributed by atoms with Crippen molar-refractivity contribution in [2.45, 2.75) is 18.0 Å². The molecular formula is C10H12N2O3S. The Morgan fingerprint density at radius 1 is 1.56 bits per heavy atom. The summed E-state index contributed by atoms with van der Waals surface area (Å²) in [5, 5.41) is 11.6. The largest absolute Gasteiger partial charge is 0.480 e. The van der Waals surface area contributed by atoms with Crippen molar-refractivity contribution >= 4 is 23.6 Å². The minimum absolute atomic E-state index is 0.392. The van der Waals surface area contributed by atoms with Crippen LogP contribution in [0.25, 0.3) is 0 Å². The molecule has 1 aromatic rings. The minimum atomic E-state index is -1.07. The van der Waals surface area contributed by atoms with Gasteiger partial charge in [-0.1, -0.05) is 0 Å². The number of pyridine rings is 1. The number of thioether (sulfide) groups is 1.